The van der Waals surface area contributed by atoms with Crippen LogP contribution in [0, 0.1) is 215 Å². The normalized spacial score (nSPS) is 48.4. The van der Waals surface area contributed by atoms with Crippen LogP contribution < -0.4 is 0 Å². The van der Waals surface area contributed by atoms with Crippen molar-refractivity contribution in [3.8, 4) is 0 Å². The summed E-state index contributed by atoms with van der Waals surface area (Å²) in [5, 5.41) is 42.7. The van der Waals surface area contributed by atoms with Crippen LogP contribution in [0.15, 0.2) is 56.6 Å². The Kier molecular flexibility index (Phi) is 24.2. The minimum absolute atomic E-state index is 0.0140. The van der Waals surface area contributed by atoms with Crippen molar-refractivity contribution in [2.75, 3.05) is 6.61 Å². The van der Waals surface area contributed by atoms with Gasteiger partial charge in [-0.3, -0.25) is 28.8 Å². The van der Waals surface area contributed by atoms with Gasteiger partial charge in [-0.2, -0.15) is 0 Å². The molecule has 0 radical (unpaired) electrons. The number of rotatable bonds is 7. The zero-order valence-electron chi connectivity index (χ0n) is 95.1. The van der Waals surface area contributed by atoms with Gasteiger partial charge in [-0.25, -0.2) is 4.85 Å². The fourth-order valence-electron chi connectivity index (χ4n) is 45.9. The largest absolute Gasteiger partial charge is 0.481 e. The summed E-state index contributed by atoms with van der Waals surface area (Å²) < 4.78 is 17.5. The molecule has 32 atom stereocenters. The first-order valence-corrected chi connectivity index (χ1v) is 58.3. The van der Waals surface area contributed by atoms with E-state index >= 15 is 0 Å². The number of aliphatic hydroxyl groups excluding tert-OH is 1. The van der Waals surface area contributed by atoms with Crippen molar-refractivity contribution in [3.05, 3.63) is 88.4 Å². The Labute approximate surface area is 871 Å². The first kappa shape index (κ1) is 106. The zero-order valence-corrected chi connectivity index (χ0v) is 95.1. The molecule has 3 N–H and O–H groups in total. The molecule has 17 heteroatoms. The van der Waals surface area contributed by atoms with Crippen molar-refractivity contribution in [1.29, 1.82) is 0 Å². The Balaban J connectivity index is 0.000000118. The topological polar surface area (TPSA) is 263 Å². The van der Waals surface area contributed by atoms with Gasteiger partial charge >= 0.3 is 11.9 Å². The Morgan fingerprint density at radius 2 is 0.648 bits per heavy atom. The zero-order chi connectivity index (χ0) is 105. The molecule has 0 unspecified atom stereocenters. The van der Waals surface area contributed by atoms with Gasteiger partial charge in [0.25, 0.3) is 0 Å². The molecule has 0 aliphatic heterocycles. The number of carboxylic acid groups (broad SMARTS) is 2. The molecule has 23 rings (SSSR count). The number of hydrogen-bond acceptors (Lipinski definition) is 14. The summed E-state index contributed by atoms with van der Waals surface area (Å²) in [5.74, 6) is 7.66. The van der Waals surface area contributed by atoms with Crippen LogP contribution in [-0.2, 0) is 69.1 Å². The fourth-order valence-corrected chi connectivity index (χ4v) is 45.9. The van der Waals surface area contributed by atoms with Crippen LogP contribution in [0.2, 0.25) is 0 Å². The van der Waals surface area contributed by atoms with E-state index in [0.29, 0.717) is 88.7 Å². The Morgan fingerprint density at radius 1 is 0.366 bits per heavy atom. The number of allylic oxidation sites excluding steroid dienone is 3. The molecule has 3 aromatic heterocycles. The van der Waals surface area contributed by atoms with Gasteiger partial charge in [0, 0.05) is 94.3 Å². The van der Waals surface area contributed by atoms with E-state index in [1.807, 2.05) is 38.5 Å². The van der Waals surface area contributed by atoms with Gasteiger partial charge in [-0.05, 0) is 385 Å². The number of hydrogen-bond donors (Lipinski definition) is 3. The molecule has 3 heterocycles. The number of nitrogens with zero attached hydrogens (tertiary/aromatic N) is 4. The monoisotopic (exact) mass is 1990 g/mol. The lowest BCUT2D eigenvalue weighted by Crippen LogP contribution is -2.69. The summed E-state index contributed by atoms with van der Waals surface area (Å²) in [7, 11) is 0. The third-order valence-electron chi connectivity index (χ3n) is 53.9. The molecule has 798 valence electrons. The summed E-state index contributed by atoms with van der Waals surface area (Å²) in [6.07, 6.45) is 47.2. The minimum Gasteiger partial charge on any atom is -0.481 e. The number of aliphatic carboxylic acids is 2. The highest BCUT2D eigenvalue weighted by atomic mass is 16.5. The lowest BCUT2D eigenvalue weighted by molar-refractivity contribution is -0.230. The van der Waals surface area contributed by atoms with E-state index in [1.165, 1.54) is 93.7 Å². The quantitative estimate of drug-likeness (QED) is 0.147. The van der Waals surface area contributed by atoms with Crippen molar-refractivity contribution in [2.45, 2.75) is 454 Å². The van der Waals surface area contributed by atoms with Crippen molar-refractivity contribution < 1.29 is 62.5 Å². The molecular weight excluding hydrogens is 1800 g/mol. The number of aliphatic hydroxyl groups is 1. The average Bonchev–Trinajstić information content (AvgIpc) is 1.48. The van der Waals surface area contributed by atoms with Crippen LogP contribution in [-0.4, -0.2) is 78.3 Å². The van der Waals surface area contributed by atoms with E-state index in [-0.39, 0.29) is 192 Å². The third kappa shape index (κ3) is 14.5. The maximum atomic E-state index is 14.5. The van der Waals surface area contributed by atoms with Gasteiger partial charge in [0.2, 0.25) is 5.70 Å². The molecule has 16 saturated carbocycles. The molecule has 0 spiro atoms. The van der Waals surface area contributed by atoms with Crippen molar-refractivity contribution >= 4 is 40.9 Å². The molecular formula is C128H188N4O13. The molecule has 0 saturated heterocycles. The van der Waals surface area contributed by atoms with Crippen LogP contribution >= 0.6 is 0 Å². The van der Waals surface area contributed by atoms with Crippen LogP contribution in [0.25, 0.3) is 4.85 Å². The van der Waals surface area contributed by atoms with E-state index < -0.39 is 22.8 Å². The lowest BCUT2D eigenvalue weighted by atomic mass is 9.31. The molecule has 3 aromatic rings. The van der Waals surface area contributed by atoms with E-state index in [2.05, 4.69) is 213 Å². The van der Waals surface area contributed by atoms with Gasteiger partial charge in [0.05, 0.1) is 38.0 Å². The van der Waals surface area contributed by atoms with Crippen LogP contribution in [0.4, 0.5) is 0 Å². The first-order chi connectivity index (χ1) is 67.1. The average molecular weight is 1990 g/mol. The molecule has 20 aliphatic carbocycles. The smallest absolute Gasteiger partial charge is 0.303 e. The second-order valence-corrected chi connectivity index (χ2v) is 63.4. The van der Waals surface area contributed by atoms with Gasteiger partial charge in [-0.15, -0.1) is 6.58 Å². The molecule has 0 amide bonds. The molecule has 0 bridgehead atoms. The molecule has 17 nitrogen and oxygen atoms in total. The number of carbonyl (C=O) groups excluding carboxylic acids is 5. The standard InChI is InChI=1S/C32H47NO4.C32H45NO4.C32H49NO3.C32H47NO2/c1-27(2)10-12-32(17-24(35)36)13-11-31(7)25(20(32)16-27)21(34)14-23-29(5)15-19-18-33-37-26(19)28(3,4)22(29)8-9-30(23,31)6;1-27(2)11-13-32(18-24(35)36)14-12-31(7)25(19(32)16-27)21(34)15-23-29(5)17-20(33-8)26(37)28(3,4)22(29)9-10-30(23,31)6;1-27(2)10-12-32(14-15-34)13-11-31(7)25(21(32)18-27)22(35)16-24-29(5)17-20-19-33-36-26(20)28(3,4)23(29)8-9-30(24,31)6;1-9-32-14-12-27(2,3)18-21(32)25-22(34)16-24-29(6)17-20-19-33-35-26(20)28(4,5)23(29)10-11-30(24,7)31(25,8)13-15-32/h18,20,22-23,25H,8-17H2,1-7H3,(H,35,36);17,19,22-23,25H,9-16,18H2,1-7H3,(H,35,36);19,21,23-25,34H,8-18H2,1-7H3;9,19,21,23-25H,1,10-18H2,2-8H3/t20-,22-,23+,25-,29-,30+,31+,32+;19-,22-,23+,25-,29-,30+,31+,32+;2*21-,23-,24+,25-,29-,30+,31+,32+/m0000/s1. The first-order valence-electron chi connectivity index (χ1n) is 58.3. The predicted octanol–water partition coefficient (Wildman–Crippen LogP) is 29.4. The highest BCUT2D eigenvalue weighted by molar-refractivity contribution is 6.02. The van der Waals surface area contributed by atoms with E-state index in [0.717, 1.165) is 159 Å². The van der Waals surface area contributed by atoms with Crippen molar-refractivity contribution in [1.82, 2.24) is 15.5 Å². The SMILES string of the molecule is C=C[C@]12CCC(C)(C)C[C@H]1[C@H]1C(=O)C[C@@H]3[C@@]4(C)Cc5cnoc5C(C)(C)[C@@H]4CC[C@@]3(C)[C@]1(C)CC2.CC1(C)CC[C@]2(CC(=O)O)CC[C@]3(C)[C@H](C(=O)C[C@@H]4[C@@]5(C)Cc6cnoc6C(C)(C)[C@@H]5CC[C@]43C)[C@@H]2C1.CC1(C)CC[C@]2(CCO)CC[C@]3(C)[C@H](C(=O)C[C@@H]4[C@@]5(C)Cc6cnoc6C(C)(C)[C@@H]5CC[C@]43C)[C@@H]2C1.[C-]#[N+]C1=C[C@]2(C)[C@H]3CC(=O)[C@@H]4[C@@H]5CC(C)(C)CC[C@]5(CC(=O)O)CC[C@@]4(C)[C@]3(C)CC[C@H]2C(C)(C)C1=O. The van der Waals surface area contributed by atoms with Gasteiger partial charge < -0.3 is 33.7 Å². The molecule has 145 heavy (non-hydrogen) atoms. The van der Waals surface area contributed by atoms with Crippen LogP contribution in [0.1, 0.15) is 453 Å². The number of Topliss-reactive ketones (excluding diaryl/α,β-unsaturated/α-hetero) is 5. The van der Waals surface area contributed by atoms with Crippen molar-refractivity contribution in [3.63, 3.8) is 0 Å². The third-order valence-corrected chi connectivity index (χ3v) is 53.9. The van der Waals surface area contributed by atoms with Crippen LogP contribution in [0.3, 0.4) is 0 Å². The summed E-state index contributed by atoms with van der Waals surface area (Å²) in [5.41, 5.74) is 3.65. The van der Waals surface area contributed by atoms with Crippen molar-refractivity contribution in [2.24, 2.45) is 208 Å². The Hall–Kier alpha value is -6.15. The van der Waals surface area contributed by atoms with Gasteiger partial charge in [-0.1, -0.05) is 221 Å². The second-order valence-electron chi connectivity index (χ2n) is 63.4. The summed E-state index contributed by atoms with van der Waals surface area (Å²) in [4.78, 5) is 99.0. The second kappa shape index (κ2) is 33.2. The predicted molar refractivity (Wildman–Crippen MR) is 565 cm³/mol. The number of carboxylic acids is 2. The number of aromatic nitrogens is 3. The highest BCUT2D eigenvalue weighted by Crippen LogP contribution is 2.84. The van der Waals surface area contributed by atoms with E-state index in [9.17, 15) is 48.9 Å². The Morgan fingerprint density at radius 3 is 0.986 bits per heavy atom. The maximum absolute atomic E-state index is 14.5. The summed E-state index contributed by atoms with van der Waals surface area (Å²) in [6.45, 7) is 79.0. The fraction of sp³-hybridized carbons (Fsp3) is 0.836. The van der Waals surface area contributed by atoms with Gasteiger partial charge in [0.15, 0.2) is 5.78 Å². The number of carbonyl (C=O) groups is 7. The van der Waals surface area contributed by atoms with E-state index in [4.69, 9.17) is 20.1 Å². The van der Waals surface area contributed by atoms with E-state index in [1.54, 1.807) is 0 Å². The molecule has 16 fully saturated rings. The summed E-state index contributed by atoms with van der Waals surface area (Å²) >= 11 is 0. The minimum atomic E-state index is -0.736. The Bertz CT molecular complexity index is 5830. The summed E-state index contributed by atoms with van der Waals surface area (Å²) in [6, 6.07) is 0. The molecule has 20 aliphatic rings. The van der Waals surface area contributed by atoms with Gasteiger partial charge in [0.1, 0.15) is 40.4 Å². The van der Waals surface area contributed by atoms with Crippen LogP contribution in [0.5, 0.6) is 0 Å². The number of fused-ring (bicyclic) bond motifs is 31. The number of ketones is 5. The highest BCUT2D eigenvalue weighted by Gasteiger charge is 2.80. The molecule has 0 aromatic carbocycles. The lowest BCUT2D eigenvalue weighted by Gasteiger charge is -2.72. The maximum Gasteiger partial charge on any atom is 0.303 e.